The largest absolute Gasteiger partial charge is 0.370 e. The predicted molar refractivity (Wildman–Crippen MR) is 95.1 cm³/mol. The van der Waals surface area contributed by atoms with Gasteiger partial charge in [0.1, 0.15) is 6.07 Å². The highest BCUT2D eigenvalue weighted by atomic mass is 35.5. The topological polar surface area (TPSA) is 69.0 Å². The molecule has 5 nitrogen and oxygen atoms in total. The number of nitrogens with one attached hydrogen (secondary N) is 1. The molecule has 1 N–H and O–H groups in total. The maximum atomic E-state index is 12.0. The van der Waals surface area contributed by atoms with Gasteiger partial charge in [-0.05, 0) is 38.0 Å². The number of piperidine rings is 1. The summed E-state index contributed by atoms with van der Waals surface area (Å²) in [7, 11) is 0. The van der Waals surface area contributed by atoms with E-state index in [1.165, 1.54) is 0 Å². The molecule has 0 saturated carbocycles. The number of aromatic nitrogens is 1. The number of amides is 1. The van der Waals surface area contributed by atoms with Gasteiger partial charge < -0.3 is 10.2 Å². The Bertz CT molecular complexity index is 807. The van der Waals surface area contributed by atoms with Gasteiger partial charge in [-0.25, -0.2) is 0 Å². The normalized spacial score (nSPS) is 15.3. The van der Waals surface area contributed by atoms with Crippen molar-refractivity contribution in [1.29, 1.82) is 5.26 Å². The van der Waals surface area contributed by atoms with Crippen LogP contribution in [-0.2, 0) is 4.79 Å². The number of fused-ring (bicyclic) bond motifs is 1. The SMILES string of the molecule is CCNC(=O)C1CCN(c2c(C#N)cnc3ccc(Cl)cc23)CC1. The van der Waals surface area contributed by atoms with Crippen LogP contribution in [0.25, 0.3) is 10.9 Å². The van der Waals surface area contributed by atoms with Gasteiger partial charge in [0.15, 0.2) is 0 Å². The van der Waals surface area contributed by atoms with Crippen LogP contribution in [0.1, 0.15) is 25.3 Å². The van der Waals surface area contributed by atoms with E-state index in [1.54, 1.807) is 12.3 Å². The summed E-state index contributed by atoms with van der Waals surface area (Å²) >= 11 is 6.14. The molecule has 1 aliphatic rings. The van der Waals surface area contributed by atoms with Crippen LogP contribution < -0.4 is 10.2 Å². The van der Waals surface area contributed by atoms with E-state index in [2.05, 4.69) is 21.3 Å². The Hall–Kier alpha value is -2.32. The molecule has 1 fully saturated rings. The van der Waals surface area contributed by atoms with Crippen molar-refractivity contribution in [2.24, 2.45) is 5.92 Å². The third-order valence-electron chi connectivity index (χ3n) is 4.46. The van der Waals surface area contributed by atoms with E-state index in [4.69, 9.17) is 11.6 Å². The van der Waals surface area contributed by atoms with Gasteiger partial charge in [0.2, 0.25) is 5.91 Å². The van der Waals surface area contributed by atoms with Gasteiger partial charge in [0.25, 0.3) is 0 Å². The lowest BCUT2D eigenvalue weighted by atomic mass is 9.94. The number of carbonyl (C=O) groups excluding carboxylic acids is 1. The average molecular weight is 343 g/mol. The Balaban J connectivity index is 1.91. The second-order valence-corrected chi connectivity index (χ2v) is 6.39. The number of anilines is 1. The Kier molecular flexibility index (Phi) is 4.86. The van der Waals surface area contributed by atoms with Crippen LogP contribution >= 0.6 is 11.6 Å². The standard InChI is InChI=1S/C18H19ClN4O/c1-2-21-18(24)12-5-7-23(8-6-12)17-13(10-20)11-22-16-4-3-14(19)9-15(16)17/h3-4,9,11-12H,2,5-8H2,1H3,(H,21,24). The molecule has 1 aliphatic heterocycles. The monoisotopic (exact) mass is 342 g/mol. The van der Waals surface area contributed by atoms with Crippen molar-refractivity contribution in [3.63, 3.8) is 0 Å². The van der Waals surface area contributed by atoms with Gasteiger partial charge in [0, 0.05) is 42.2 Å². The quantitative estimate of drug-likeness (QED) is 0.930. The minimum atomic E-state index is 0.0448. The third kappa shape index (κ3) is 3.15. The summed E-state index contributed by atoms with van der Waals surface area (Å²) in [4.78, 5) is 18.5. The lowest BCUT2D eigenvalue weighted by molar-refractivity contribution is -0.125. The van der Waals surface area contributed by atoms with E-state index in [-0.39, 0.29) is 11.8 Å². The minimum Gasteiger partial charge on any atom is -0.370 e. The maximum Gasteiger partial charge on any atom is 0.223 e. The van der Waals surface area contributed by atoms with Crippen molar-refractivity contribution >= 4 is 34.1 Å². The van der Waals surface area contributed by atoms with Gasteiger partial charge in [-0.1, -0.05) is 11.6 Å². The van der Waals surface area contributed by atoms with Crippen LogP contribution in [0.2, 0.25) is 5.02 Å². The second-order valence-electron chi connectivity index (χ2n) is 5.95. The molecule has 0 unspecified atom stereocenters. The fourth-order valence-electron chi connectivity index (χ4n) is 3.26. The summed E-state index contributed by atoms with van der Waals surface area (Å²) < 4.78 is 0. The van der Waals surface area contributed by atoms with Crippen molar-refractivity contribution in [3.8, 4) is 6.07 Å². The molecular formula is C18H19ClN4O. The number of halogens is 1. The van der Waals surface area contributed by atoms with E-state index in [0.29, 0.717) is 17.1 Å². The van der Waals surface area contributed by atoms with E-state index in [0.717, 1.165) is 42.5 Å². The highest BCUT2D eigenvalue weighted by Crippen LogP contribution is 2.33. The van der Waals surface area contributed by atoms with Crippen molar-refractivity contribution in [1.82, 2.24) is 10.3 Å². The van der Waals surface area contributed by atoms with Crippen LogP contribution in [0.15, 0.2) is 24.4 Å². The Labute approximate surface area is 146 Å². The van der Waals surface area contributed by atoms with Crippen molar-refractivity contribution in [2.45, 2.75) is 19.8 Å². The van der Waals surface area contributed by atoms with Crippen LogP contribution in [0.5, 0.6) is 0 Å². The molecule has 24 heavy (non-hydrogen) atoms. The molecule has 1 amide bonds. The molecule has 2 heterocycles. The summed E-state index contributed by atoms with van der Waals surface area (Å²) in [5.74, 6) is 0.170. The molecule has 3 rings (SSSR count). The number of nitriles is 1. The van der Waals surface area contributed by atoms with Crippen LogP contribution in [-0.4, -0.2) is 30.5 Å². The third-order valence-corrected chi connectivity index (χ3v) is 4.69. The average Bonchev–Trinajstić information content (AvgIpc) is 2.61. The molecule has 0 radical (unpaired) electrons. The Morgan fingerprint density at radius 2 is 2.21 bits per heavy atom. The Morgan fingerprint density at radius 3 is 2.88 bits per heavy atom. The Morgan fingerprint density at radius 1 is 1.46 bits per heavy atom. The highest BCUT2D eigenvalue weighted by molar-refractivity contribution is 6.31. The molecule has 0 atom stereocenters. The smallest absolute Gasteiger partial charge is 0.223 e. The molecule has 0 spiro atoms. The molecular weight excluding hydrogens is 324 g/mol. The maximum absolute atomic E-state index is 12.0. The first-order valence-corrected chi connectivity index (χ1v) is 8.53. The van der Waals surface area contributed by atoms with Gasteiger partial charge in [-0.2, -0.15) is 5.26 Å². The van der Waals surface area contributed by atoms with Gasteiger partial charge in [-0.15, -0.1) is 0 Å². The fraction of sp³-hybridized carbons (Fsp3) is 0.389. The van der Waals surface area contributed by atoms with Gasteiger partial charge in [0.05, 0.1) is 16.8 Å². The summed E-state index contributed by atoms with van der Waals surface area (Å²) in [6.07, 6.45) is 3.17. The van der Waals surface area contributed by atoms with Crippen molar-refractivity contribution < 1.29 is 4.79 Å². The summed E-state index contributed by atoms with van der Waals surface area (Å²) in [5, 5.41) is 13.9. The first-order valence-electron chi connectivity index (χ1n) is 8.15. The van der Waals surface area contributed by atoms with Crippen LogP contribution in [0, 0.1) is 17.2 Å². The number of rotatable bonds is 3. The van der Waals surface area contributed by atoms with Crippen LogP contribution in [0.3, 0.4) is 0 Å². The summed E-state index contributed by atoms with van der Waals surface area (Å²) in [6, 6.07) is 7.75. The van der Waals surface area contributed by atoms with Gasteiger partial charge >= 0.3 is 0 Å². The van der Waals surface area contributed by atoms with Crippen LogP contribution in [0.4, 0.5) is 5.69 Å². The molecule has 2 aromatic rings. The zero-order chi connectivity index (χ0) is 17.1. The number of hydrogen-bond acceptors (Lipinski definition) is 4. The molecule has 0 aliphatic carbocycles. The summed E-state index contributed by atoms with van der Waals surface area (Å²) in [6.45, 7) is 4.06. The molecule has 1 aromatic heterocycles. The first-order chi connectivity index (χ1) is 11.6. The minimum absolute atomic E-state index is 0.0448. The van der Waals surface area contributed by atoms with E-state index < -0.39 is 0 Å². The summed E-state index contributed by atoms with van der Waals surface area (Å²) in [5.41, 5.74) is 2.24. The van der Waals surface area contributed by atoms with E-state index in [1.807, 2.05) is 19.1 Å². The number of pyridine rings is 1. The molecule has 124 valence electrons. The first kappa shape index (κ1) is 16.5. The molecule has 0 bridgehead atoms. The van der Waals surface area contributed by atoms with Gasteiger partial charge in [-0.3, -0.25) is 9.78 Å². The van der Waals surface area contributed by atoms with E-state index in [9.17, 15) is 10.1 Å². The molecule has 1 aromatic carbocycles. The lowest BCUT2D eigenvalue weighted by Crippen LogP contribution is -2.40. The second kappa shape index (κ2) is 7.06. The van der Waals surface area contributed by atoms with Crippen molar-refractivity contribution in [3.05, 3.63) is 35.0 Å². The predicted octanol–water partition coefficient (Wildman–Crippen LogP) is 3.11. The zero-order valence-corrected chi connectivity index (χ0v) is 14.3. The fourth-order valence-corrected chi connectivity index (χ4v) is 3.43. The zero-order valence-electron chi connectivity index (χ0n) is 13.6. The highest BCUT2D eigenvalue weighted by Gasteiger charge is 2.27. The lowest BCUT2D eigenvalue weighted by Gasteiger charge is -2.34. The number of carbonyl (C=O) groups is 1. The number of hydrogen-bond donors (Lipinski definition) is 1. The number of nitrogens with zero attached hydrogens (tertiary/aromatic N) is 3. The number of benzene rings is 1. The molecule has 1 saturated heterocycles. The molecule has 6 heteroatoms. The van der Waals surface area contributed by atoms with Crippen molar-refractivity contribution in [2.75, 3.05) is 24.5 Å². The van der Waals surface area contributed by atoms with E-state index >= 15 is 0 Å².